The third-order valence-electron chi connectivity index (χ3n) is 2.91. The van der Waals surface area contributed by atoms with E-state index in [2.05, 4.69) is 5.10 Å². The fraction of sp³-hybridized carbons (Fsp3) is 0.636. The van der Waals surface area contributed by atoms with Gasteiger partial charge in [-0.05, 0) is 19.3 Å². The van der Waals surface area contributed by atoms with Gasteiger partial charge in [-0.25, -0.2) is 4.68 Å². The Kier molecular flexibility index (Phi) is 4.41. The van der Waals surface area contributed by atoms with Gasteiger partial charge in [0.25, 0.3) is 0 Å². The van der Waals surface area contributed by atoms with E-state index in [1.54, 1.807) is 20.8 Å². The zero-order valence-corrected chi connectivity index (χ0v) is 10.8. The second kappa shape index (κ2) is 5.61. The van der Waals surface area contributed by atoms with Crippen LogP contribution in [0.5, 0.6) is 0 Å². The summed E-state index contributed by atoms with van der Waals surface area (Å²) in [6.07, 6.45) is 1.35. The van der Waals surface area contributed by atoms with Crippen LogP contribution in [0.15, 0.2) is 0 Å². The molecule has 1 aromatic rings. The monoisotopic (exact) mass is 254 g/mol. The Balaban J connectivity index is 3.45. The lowest BCUT2D eigenvalue weighted by molar-refractivity contribution is -0.386. The molecule has 100 valence electrons. The summed E-state index contributed by atoms with van der Waals surface area (Å²) in [6, 6.07) is -0.626. The molecule has 0 radical (unpaired) electrons. The fourth-order valence-electron chi connectivity index (χ4n) is 2.04. The molecule has 2 N–H and O–H groups in total. The van der Waals surface area contributed by atoms with E-state index in [4.69, 9.17) is 5.73 Å². The van der Waals surface area contributed by atoms with Crippen molar-refractivity contribution >= 4 is 11.6 Å². The highest BCUT2D eigenvalue weighted by Gasteiger charge is 2.29. The van der Waals surface area contributed by atoms with Gasteiger partial charge in [0.1, 0.15) is 17.4 Å². The van der Waals surface area contributed by atoms with Gasteiger partial charge in [0.05, 0.1) is 4.92 Å². The zero-order valence-electron chi connectivity index (χ0n) is 10.8. The molecule has 7 heteroatoms. The van der Waals surface area contributed by atoms with E-state index >= 15 is 0 Å². The van der Waals surface area contributed by atoms with Gasteiger partial charge in [-0.2, -0.15) is 5.10 Å². The van der Waals surface area contributed by atoms with Gasteiger partial charge < -0.3 is 5.73 Å². The molecule has 0 saturated heterocycles. The molecule has 7 nitrogen and oxygen atoms in total. The van der Waals surface area contributed by atoms with Gasteiger partial charge in [0.15, 0.2) is 0 Å². The molecule has 0 fully saturated rings. The molecule has 0 aliphatic heterocycles. The van der Waals surface area contributed by atoms with Crippen molar-refractivity contribution in [2.24, 2.45) is 5.73 Å². The number of hydrogen-bond acceptors (Lipinski definition) is 4. The number of carbonyl (C=O) groups is 1. The molecular weight excluding hydrogens is 236 g/mol. The van der Waals surface area contributed by atoms with Crippen molar-refractivity contribution in [3.05, 3.63) is 21.5 Å². The van der Waals surface area contributed by atoms with Gasteiger partial charge in [0, 0.05) is 0 Å². The van der Waals surface area contributed by atoms with Crippen LogP contribution >= 0.6 is 0 Å². The third kappa shape index (κ3) is 2.34. The van der Waals surface area contributed by atoms with Crippen LogP contribution in [0.25, 0.3) is 0 Å². The zero-order chi connectivity index (χ0) is 13.9. The highest BCUT2D eigenvalue weighted by molar-refractivity contribution is 5.78. The summed E-state index contributed by atoms with van der Waals surface area (Å²) >= 11 is 0. The molecule has 0 aliphatic carbocycles. The van der Waals surface area contributed by atoms with E-state index in [9.17, 15) is 14.9 Å². The molecule has 1 atom stereocenters. The van der Waals surface area contributed by atoms with E-state index in [0.717, 1.165) is 0 Å². The van der Waals surface area contributed by atoms with Crippen molar-refractivity contribution in [1.82, 2.24) is 9.78 Å². The first kappa shape index (κ1) is 14.1. The maximum Gasteiger partial charge on any atom is 0.313 e. The minimum absolute atomic E-state index is 0.0136. The molecule has 0 bridgehead atoms. The number of hydrogen-bond donors (Lipinski definition) is 1. The largest absolute Gasteiger partial charge is 0.368 e. The maximum absolute atomic E-state index is 11.4. The molecule has 1 unspecified atom stereocenters. The number of nitrogens with two attached hydrogens (primary N) is 1. The Bertz CT molecular complexity index is 467. The van der Waals surface area contributed by atoms with Gasteiger partial charge in [-0.1, -0.05) is 20.8 Å². The van der Waals surface area contributed by atoms with Crippen LogP contribution in [0.3, 0.4) is 0 Å². The molecule has 1 rings (SSSR count). The Morgan fingerprint density at radius 3 is 2.39 bits per heavy atom. The van der Waals surface area contributed by atoms with Crippen LogP contribution in [0.2, 0.25) is 0 Å². The number of nitrogens with zero attached hydrogens (tertiary/aromatic N) is 3. The van der Waals surface area contributed by atoms with Crippen LogP contribution < -0.4 is 5.73 Å². The van der Waals surface area contributed by atoms with Crippen LogP contribution in [0.1, 0.15) is 44.6 Å². The highest BCUT2D eigenvalue weighted by Crippen LogP contribution is 2.28. The first-order valence-corrected chi connectivity index (χ1v) is 6.01. The lowest BCUT2D eigenvalue weighted by Gasteiger charge is -2.13. The average Bonchev–Trinajstić information content (AvgIpc) is 2.68. The summed E-state index contributed by atoms with van der Waals surface area (Å²) < 4.78 is 1.42. The normalized spacial score (nSPS) is 12.4. The number of carbonyl (C=O) groups excluding carboxylic acids is 1. The smallest absolute Gasteiger partial charge is 0.313 e. The Morgan fingerprint density at radius 1 is 1.44 bits per heavy atom. The van der Waals surface area contributed by atoms with Crippen molar-refractivity contribution in [2.45, 2.75) is 46.1 Å². The minimum Gasteiger partial charge on any atom is -0.368 e. The van der Waals surface area contributed by atoms with Crippen molar-refractivity contribution in [3.63, 3.8) is 0 Å². The molecule has 0 aromatic carbocycles. The van der Waals surface area contributed by atoms with E-state index in [1.165, 1.54) is 4.68 Å². The molecule has 0 saturated carbocycles. The maximum atomic E-state index is 11.4. The summed E-state index contributed by atoms with van der Waals surface area (Å²) in [7, 11) is 0. The third-order valence-corrected chi connectivity index (χ3v) is 2.91. The fourth-order valence-corrected chi connectivity index (χ4v) is 2.04. The predicted molar refractivity (Wildman–Crippen MR) is 66.2 cm³/mol. The van der Waals surface area contributed by atoms with Crippen molar-refractivity contribution in [3.8, 4) is 0 Å². The van der Waals surface area contributed by atoms with E-state index in [0.29, 0.717) is 30.7 Å². The number of amides is 1. The summed E-state index contributed by atoms with van der Waals surface area (Å²) in [4.78, 5) is 22.0. The predicted octanol–water partition coefficient (Wildman–Crippen LogP) is 1.35. The Labute approximate surface area is 105 Å². The Hall–Kier alpha value is -1.92. The number of aromatic nitrogens is 2. The van der Waals surface area contributed by atoms with Gasteiger partial charge in [-0.3, -0.25) is 14.9 Å². The van der Waals surface area contributed by atoms with Crippen LogP contribution in [-0.4, -0.2) is 20.6 Å². The molecule has 0 spiro atoms. The molecule has 18 heavy (non-hydrogen) atoms. The molecule has 1 amide bonds. The highest BCUT2D eigenvalue weighted by atomic mass is 16.6. The lowest BCUT2D eigenvalue weighted by atomic mass is 10.2. The minimum atomic E-state index is -0.626. The second-order valence-electron chi connectivity index (χ2n) is 3.98. The molecule has 0 aliphatic rings. The van der Waals surface area contributed by atoms with Crippen molar-refractivity contribution in [1.29, 1.82) is 0 Å². The van der Waals surface area contributed by atoms with E-state index in [1.807, 2.05) is 0 Å². The average molecular weight is 254 g/mol. The molecular formula is C11H18N4O3. The first-order chi connectivity index (χ1) is 8.47. The SMILES string of the molecule is CCc1nn(C(CC)C(N)=O)c(CC)c1[N+](=O)[O-]. The van der Waals surface area contributed by atoms with Crippen LogP contribution in [-0.2, 0) is 17.6 Å². The van der Waals surface area contributed by atoms with E-state index < -0.39 is 16.9 Å². The van der Waals surface area contributed by atoms with Gasteiger partial charge >= 0.3 is 5.69 Å². The van der Waals surface area contributed by atoms with Gasteiger partial charge in [-0.15, -0.1) is 0 Å². The number of aryl methyl sites for hydroxylation is 1. The van der Waals surface area contributed by atoms with Crippen LogP contribution in [0, 0.1) is 10.1 Å². The Morgan fingerprint density at radius 2 is 2.06 bits per heavy atom. The molecule has 1 aromatic heterocycles. The summed E-state index contributed by atoms with van der Waals surface area (Å²) in [5, 5.41) is 15.3. The standard InChI is InChI=1S/C11H18N4O3/c1-4-7-10(15(17)18)8(5-2)14(13-7)9(6-3)11(12)16/h9H,4-6H2,1-3H3,(H2,12,16). The van der Waals surface area contributed by atoms with Gasteiger partial charge in [0.2, 0.25) is 5.91 Å². The number of rotatable bonds is 6. The van der Waals surface area contributed by atoms with E-state index in [-0.39, 0.29) is 5.69 Å². The topological polar surface area (TPSA) is 104 Å². The summed E-state index contributed by atoms with van der Waals surface area (Å²) in [5.41, 5.74) is 6.18. The lowest BCUT2D eigenvalue weighted by Crippen LogP contribution is -2.28. The molecule has 1 heterocycles. The number of nitro groups is 1. The van der Waals surface area contributed by atoms with Crippen molar-refractivity contribution < 1.29 is 9.72 Å². The van der Waals surface area contributed by atoms with Crippen molar-refractivity contribution in [2.75, 3.05) is 0 Å². The number of primary amides is 1. The second-order valence-corrected chi connectivity index (χ2v) is 3.98. The first-order valence-electron chi connectivity index (χ1n) is 6.01. The summed E-state index contributed by atoms with van der Waals surface area (Å²) in [5.74, 6) is -0.521. The summed E-state index contributed by atoms with van der Waals surface area (Å²) in [6.45, 7) is 5.39. The van der Waals surface area contributed by atoms with Crippen LogP contribution in [0.4, 0.5) is 5.69 Å². The quantitative estimate of drug-likeness (QED) is 0.611.